The summed E-state index contributed by atoms with van der Waals surface area (Å²) < 4.78 is 6.24. The maximum absolute atomic E-state index is 11.2. The van der Waals surface area contributed by atoms with Gasteiger partial charge in [-0.3, -0.25) is 4.79 Å². The summed E-state index contributed by atoms with van der Waals surface area (Å²) in [6.45, 7) is 2.86. The predicted octanol–water partition coefficient (Wildman–Crippen LogP) is 6.31. The molecule has 1 aromatic heterocycles. The molecular weight excluding hydrogens is 579 g/mol. The second-order valence-corrected chi connectivity index (χ2v) is 14.1. The quantitative estimate of drug-likeness (QED) is 0.127. The number of nitrogens with one attached hydrogen (secondary N) is 2. The summed E-state index contributed by atoms with van der Waals surface area (Å²) in [5.41, 5.74) is 2.28. The van der Waals surface area contributed by atoms with E-state index in [4.69, 9.17) is 4.74 Å². The Morgan fingerprint density at radius 3 is 1.93 bits per heavy atom. The zero-order valence-electron chi connectivity index (χ0n) is 22.9. The second-order valence-electron chi connectivity index (χ2n) is 10.1. The average Bonchev–Trinajstić information content (AvgIpc) is 3.38. The normalized spacial score (nSPS) is 11.5. The fraction of sp³-hybridized carbons (Fsp3) is 0.206. The molecule has 0 fully saturated rings. The van der Waals surface area contributed by atoms with Gasteiger partial charge in [-0.25, -0.2) is 0 Å². The topological polar surface area (TPSA) is 54.1 Å². The van der Waals surface area contributed by atoms with Gasteiger partial charge in [0.2, 0.25) is 5.91 Å². The fourth-order valence-corrected chi connectivity index (χ4v) is 10.5. The van der Waals surface area contributed by atoms with E-state index in [1.54, 1.807) is 6.92 Å². The van der Waals surface area contributed by atoms with Crippen LogP contribution in [-0.2, 0) is 11.2 Å². The van der Waals surface area contributed by atoms with Crippen LogP contribution in [0.1, 0.15) is 25.3 Å². The molecule has 0 aliphatic heterocycles. The Morgan fingerprint density at radius 1 is 0.800 bits per heavy atom. The molecule has 0 saturated heterocycles. The molecule has 0 aliphatic carbocycles. The third-order valence-electron chi connectivity index (χ3n) is 7.52. The van der Waals surface area contributed by atoms with E-state index in [1.807, 2.05) is 12.3 Å². The standard InChI is InChI=1S/C34H37N2O2P.BrH/c1-27(37)35-22-21-28-26-36-34-20-19-29(25-33(28)34)38-23-11-12-24-39(30-13-5-2-6-14-30,31-15-7-3-8-16-31)32-17-9-4-10-18-32;/h2-10,13-20,25-26,36,39H,11-12,21-24H2,1H3,(H,35,37);1H. The minimum atomic E-state index is -2.20. The Balaban J connectivity index is 0.00000370. The van der Waals surface area contributed by atoms with Gasteiger partial charge in [0, 0.05) is 6.92 Å². The first kappa shape index (κ1) is 29.6. The molecule has 1 amide bonds. The summed E-state index contributed by atoms with van der Waals surface area (Å²) in [4.78, 5) is 14.6. The summed E-state index contributed by atoms with van der Waals surface area (Å²) in [6.07, 6.45) is 6.01. The molecule has 0 radical (unpaired) electrons. The van der Waals surface area contributed by atoms with Gasteiger partial charge in [0.1, 0.15) is 0 Å². The number of aromatic nitrogens is 1. The van der Waals surface area contributed by atoms with Crippen molar-refractivity contribution in [2.24, 2.45) is 0 Å². The average molecular weight is 618 g/mol. The van der Waals surface area contributed by atoms with Gasteiger partial charge in [-0.15, -0.1) is 17.0 Å². The molecule has 0 atom stereocenters. The Kier molecular flexibility index (Phi) is 10.6. The first-order valence-corrected chi connectivity index (χ1v) is 16.0. The summed E-state index contributed by atoms with van der Waals surface area (Å²) >= 11 is 0. The van der Waals surface area contributed by atoms with Crippen LogP contribution in [0.15, 0.2) is 115 Å². The number of carbonyl (C=O) groups excluding carboxylic acids is 1. The molecule has 0 saturated carbocycles. The van der Waals surface area contributed by atoms with Crippen molar-refractivity contribution < 1.29 is 9.53 Å². The Hall–Kier alpha value is -3.40. The van der Waals surface area contributed by atoms with Crippen molar-refractivity contribution in [2.75, 3.05) is 19.3 Å². The van der Waals surface area contributed by atoms with Gasteiger partial charge in [0.25, 0.3) is 0 Å². The Bertz CT molecular complexity index is 1390. The number of carbonyl (C=O) groups is 1. The number of ether oxygens (including phenoxy) is 1. The van der Waals surface area contributed by atoms with Crippen LogP contribution >= 0.6 is 24.2 Å². The molecule has 0 unspecified atom stereocenters. The van der Waals surface area contributed by atoms with Crippen LogP contribution in [0.25, 0.3) is 10.9 Å². The van der Waals surface area contributed by atoms with Crippen molar-refractivity contribution in [3.63, 3.8) is 0 Å². The number of amides is 1. The van der Waals surface area contributed by atoms with E-state index in [0.29, 0.717) is 13.2 Å². The summed E-state index contributed by atoms with van der Waals surface area (Å²) in [5.74, 6) is 0.887. The summed E-state index contributed by atoms with van der Waals surface area (Å²) in [5, 5.41) is 8.39. The van der Waals surface area contributed by atoms with Crippen molar-refractivity contribution in [3.8, 4) is 5.75 Å². The molecule has 1 heterocycles. The molecule has 6 heteroatoms. The number of H-pyrrole nitrogens is 1. The zero-order chi connectivity index (χ0) is 26.9. The third kappa shape index (κ3) is 6.83. The van der Waals surface area contributed by atoms with Gasteiger partial charge in [-0.2, -0.15) is 0 Å². The number of benzene rings is 4. The number of aromatic amines is 1. The molecule has 5 rings (SSSR count). The number of halogens is 1. The third-order valence-corrected chi connectivity index (χ3v) is 12.6. The number of hydrogen-bond acceptors (Lipinski definition) is 2. The van der Waals surface area contributed by atoms with Crippen molar-refractivity contribution in [1.82, 2.24) is 10.3 Å². The van der Waals surface area contributed by atoms with Crippen LogP contribution in [0, 0.1) is 0 Å². The van der Waals surface area contributed by atoms with Crippen molar-refractivity contribution >= 4 is 57.0 Å². The zero-order valence-corrected chi connectivity index (χ0v) is 25.7. The molecule has 0 spiro atoms. The van der Waals surface area contributed by atoms with Crippen LogP contribution < -0.4 is 26.0 Å². The van der Waals surface area contributed by atoms with E-state index >= 15 is 0 Å². The van der Waals surface area contributed by atoms with E-state index in [0.717, 1.165) is 42.1 Å². The number of fused-ring (bicyclic) bond motifs is 1. The van der Waals surface area contributed by atoms with Crippen molar-refractivity contribution in [3.05, 3.63) is 121 Å². The first-order chi connectivity index (χ1) is 19.2. The van der Waals surface area contributed by atoms with E-state index in [2.05, 4.69) is 113 Å². The van der Waals surface area contributed by atoms with Crippen molar-refractivity contribution in [2.45, 2.75) is 26.2 Å². The Labute approximate surface area is 248 Å². The minimum absolute atomic E-state index is 0. The van der Waals surface area contributed by atoms with Crippen LogP contribution in [0.2, 0.25) is 0 Å². The predicted molar refractivity (Wildman–Crippen MR) is 177 cm³/mol. The van der Waals surface area contributed by atoms with Gasteiger partial charge in [0.15, 0.2) is 0 Å². The van der Waals surface area contributed by atoms with Gasteiger partial charge in [-0.1, -0.05) is 0 Å². The van der Waals surface area contributed by atoms with E-state index in [-0.39, 0.29) is 22.9 Å². The molecule has 208 valence electrons. The van der Waals surface area contributed by atoms with Gasteiger partial charge in [-0.05, 0) is 0 Å². The first-order valence-electron chi connectivity index (χ1n) is 13.8. The maximum atomic E-state index is 11.2. The monoisotopic (exact) mass is 616 g/mol. The van der Waals surface area contributed by atoms with E-state index in [9.17, 15) is 4.79 Å². The van der Waals surface area contributed by atoms with Crippen LogP contribution in [0.5, 0.6) is 5.75 Å². The molecule has 4 aromatic carbocycles. The second kappa shape index (κ2) is 14.3. The van der Waals surface area contributed by atoms with E-state index < -0.39 is 7.26 Å². The van der Waals surface area contributed by atoms with E-state index in [1.165, 1.54) is 21.5 Å². The van der Waals surface area contributed by atoms with Gasteiger partial charge < -0.3 is 0 Å². The van der Waals surface area contributed by atoms with Crippen LogP contribution in [0.3, 0.4) is 0 Å². The number of rotatable bonds is 12. The summed E-state index contributed by atoms with van der Waals surface area (Å²) in [6, 6.07) is 39.5. The fourth-order valence-electron chi connectivity index (χ4n) is 5.61. The van der Waals surface area contributed by atoms with Gasteiger partial charge >= 0.3 is 214 Å². The van der Waals surface area contributed by atoms with Gasteiger partial charge in [0.05, 0.1) is 0 Å². The molecule has 0 aliphatic rings. The Morgan fingerprint density at radius 2 is 1.38 bits per heavy atom. The molecule has 5 aromatic rings. The number of unbranched alkanes of at least 4 members (excludes halogenated alkanes) is 1. The SMILES string of the molecule is Br.CC(=O)NCCc1c[nH]c2ccc(OCCCC[PH](c3ccccc3)(c3ccccc3)c3ccccc3)cc12. The van der Waals surface area contributed by atoms with Crippen LogP contribution in [-0.4, -0.2) is 30.2 Å². The van der Waals surface area contributed by atoms with Crippen LogP contribution in [0.4, 0.5) is 0 Å². The van der Waals surface area contributed by atoms with Crippen molar-refractivity contribution in [1.29, 1.82) is 0 Å². The molecule has 2 N–H and O–H groups in total. The summed E-state index contributed by atoms with van der Waals surface area (Å²) in [7, 11) is -2.20. The molecular formula is C34H38BrN2O2P. The molecule has 40 heavy (non-hydrogen) atoms. The molecule has 0 bridgehead atoms. The molecule has 4 nitrogen and oxygen atoms in total. The number of hydrogen-bond donors (Lipinski definition) is 2.